The molecule has 1 saturated heterocycles. The topological polar surface area (TPSA) is 32.3 Å². The van der Waals surface area contributed by atoms with E-state index in [1.54, 1.807) is 23.5 Å². The predicted octanol–water partition coefficient (Wildman–Crippen LogP) is 4.15. The highest BCUT2D eigenvalue weighted by Gasteiger charge is 2.47. The van der Waals surface area contributed by atoms with Crippen molar-refractivity contribution < 1.29 is 9.18 Å². The lowest BCUT2D eigenvalue weighted by Gasteiger charge is -2.53. The van der Waals surface area contributed by atoms with Gasteiger partial charge in [-0.25, -0.2) is 4.39 Å². The molecule has 0 spiro atoms. The van der Waals surface area contributed by atoms with Crippen LogP contribution in [0.5, 0.6) is 0 Å². The van der Waals surface area contributed by atoms with Gasteiger partial charge in [-0.2, -0.15) is 0 Å². The van der Waals surface area contributed by atoms with Crippen LogP contribution in [0.25, 0.3) is 0 Å². The fraction of sp³-hybridized carbons (Fsp3) is 0.421. The Bertz CT molecular complexity index is 697. The van der Waals surface area contributed by atoms with E-state index in [0.717, 1.165) is 12.1 Å². The van der Waals surface area contributed by atoms with Crippen molar-refractivity contribution in [2.45, 2.75) is 32.9 Å². The SMILES string of the molecule is C[C@@H](NC(=O)CN1CC(C)(C)[C@H]1c1cccs1)c1ccc(F)cc1. The molecule has 24 heavy (non-hydrogen) atoms. The predicted molar refractivity (Wildman–Crippen MR) is 95.4 cm³/mol. The molecular weight excluding hydrogens is 323 g/mol. The molecule has 1 fully saturated rings. The highest BCUT2D eigenvalue weighted by Crippen LogP contribution is 2.49. The summed E-state index contributed by atoms with van der Waals surface area (Å²) in [6, 6.07) is 10.6. The average Bonchev–Trinajstić information content (AvgIpc) is 2.99. The van der Waals surface area contributed by atoms with Crippen LogP contribution in [0.4, 0.5) is 4.39 Å². The van der Waals surface area contributed by atoms with Crippen LogP contribution in [-0.4, -0.2) is 23.9 Å². The summed E-state index contributed by atoms with van der Waals surface area (Å²) in [5.41, 5.74) is 1.09. The molecule has 1 aromatic heterocycles. The second-order valence-electron chi connectivity index (χ2n) is 7.15. The van der Waals surface area contributed by atoms with Crippen molar-refractivity contribution in [1.82, 2.24) is 10.2 Å². The summed E-state index contributed by atoms with van der Waals surface area (Å²) in [6.45, 7) is 7.70. The number of carbonyl (C=O) groups is 1. The lowest BCUT2D eigenvalue weighted by Crippen LogP contribution is -2.57. The van der Waals surface area contributed by atoms with Crippen LogP contribution in [-0.2, 0) is 4.79 Å². The van der Waals surface area contributed by atoms with E-state index in [4.69, 9.17) is 0 Å². The first-order valence-electron chi connectivity index (χ1n) is 8.19. The van der Waals surface area contributed by atoms with Gasteiger partial charge in [0, 0.05) is 11.4 Å². The van der Waals surface area contributed by atoms with Gasteiger partial charge in [-0.15, -0.1) is 11.3 Å². The maximum absolute atomic E-state index is 13.0. The highest BCUT2D eigenvalue weighted by atomic mass is 32.1. The molecule has 1 aromatic carbocycles. The molecule has 5 heteroatoms. The fourth-order valence-electron chi connectivity index (χ4n) is 3.55. The third kappa shape index (κ3) is 3.52. The Kier molecular flexibility index (Phi) is 4.74. The van der Waals surface area contributed by atoms with Gasteiger partial charge in [-0.05, 0) is 41.5 Å². The number of rotatable bonds is 5. The van der Waals surface area contributed by atoms with Gasteiger partial charge in [-0.1, -0.05) is 32.0 Å². The van der Waals surface area contributed by atoms with E-state index in [2.05, 4.69) is 41.6 Å². The van der Waals surface area contributed by atoms with Gasteiger partial charge in [0.25, 0.3) is 0 Å². The molecule has 0 unspecified atom stereocenters. The van der Waals surface area contributed by atoms with Crippen LogP contribution in [0.1, 0.15) is 43.3 Å². The molecule has 3 rings (SSSR count). The summed E-state index contributed by atoms with van der Waals surface area (Å²) in [5.74, 6) is -0.261. The van der Waals surface area contributed by atoms with Crippen molar-refractivity contribution in [1.29, 1.82) is 0 Å². The van der Waals surface area contributed by atoms with E-state index >= 15 is 0 Å². The third-order valence-corrected chi connectivity index (χ3v) is 5.55. The van der Waals surface area contributed by atoms with E-state index in [-0.39, 0.29) is 23.2 Å². The number of amides is 1. The molecule has 0 radical (unpaired) electrons. The zero-order valence-corrected chi connectivity index (χ0v) is 15.1. The van der Waals surface area contributed by atoms with Crippen LogP contribution in [0, 0.1) is 11.2 Å². The Balaban J connectivity index is 1.60. The summed E-state index contributed by atoms with van der Waals surface area (Å²) in [5, 5.41) is 5.09. The number of carbonyl (C=O) groups excluding carboxylic acids is 1. The summed E-state index contributed by atoms with van der Waals surface area (Å²) < 4.78 is 13.0. The van der Waals surface area contributed by atoms with Crippen LogP contribution >= 0.6 is 11.3 Å². The Labute approximate surface area is 146 Å². The number of halogens is 1. The molecule has 0 saturated carbocycles. The van der Waals surface area contributed by atoms with E-state index in [1.807, 2.05) is 6.92 Å². The van der Waals surface area contributed by atoms with E-state index in [0.29, 0.717) is 12.6 Å². The third-order valence-electron chi connectivity index (χ3n) is 4.62. The number of likely N-dealkylation sites (tertiary alicyclic amines) is 1. The van der Waals surface area contributed by atoms with E-state index in [9.17, 15) is 9.18 Å². The molecule has 2 heterocycles. The maximum Gasteiger partial charge on any atom is 0.234 e. The van der Waals surface area contributed by atoms with Crippen molar-refractivity contribution in [3.8, 4) is 0 Å². The standard InChI is InChI=1S/C19H23FN2OS/c1-13(14-6-8-15(20)9-7-14)21-17(23)11-22-12-19(2,3)18(22)16-5-4-10-24-16/h4-10,13,18H,11-12H2,1-3H3,(H,21,23)/t13-,18-/m1/s1. The van der Waals surface area contributed by atoms with Crippen molar-refractivity contribution in [2.75, 3.05) is 13.1 Å². The molecule has 0 bridgehead atoms. The first-order valence-corrected chi connectivity index (χ1v) is 9.07. The molecule has 3 nitrogen and oxygen atoms in total. The maximum atomic E-state index is 13.0. The number of hydrogen-bond acceptors (Lipinski definition) is 3. The van der Waals surface area contributed by atoms with E-state index < -0.39 is 0 Å². The minimum Gasteiger partial charge on any atom is -0.348 e. The Morgan fingerprint density at radius 2 is 2.08 bits per heavy atom. The molecule has 1 aliphatic rings. The van der Waals surface area contributed by atoms with Crippen LogP contribution in [0.3, 0.4) is 0 Å². The first-order chi connectivity index (χ1) is 11.4. The highest BCUT2D eigenvalue weighted by molar-refractivity contribution is 7.10. The van der Waals surface area contributed by atoms with Gasteiger partial charge in [0.1, 0.15) is 5.82 Å². The normalized spacial score (nSPS) is 21.1. The molecular formula is C19H23FN2OS. The van der Waals surface area contributed by atoms with Crippen molar-refractivity contribution in [3.63, 3.8) is 0 Å². The van der Waals surface area contributed by atoms with Crippen molar-refractivity contribution in [3.05, 3.63) is 58.0 Å². The molecule has 1 amide bonds. The quantitative estimate of drug-likeness (QED) is 0.882. The molecule has 0 aliphatic carbocycles. The van der Waals surface area contributed by atoms with Crippen molar-refractivity contribution in [2.24, 2.45) is 5.41 Å². The molecule has 1 aliphatic heterocycles. The average molecular weight is 346 g/mol. The fourth-order valence-corrected chi connectivity index (χ4v) is 4.62. The van der Waals surface area contributed by atoms with Crippen molar-refractivity contribution >= 4 is 17.2 Å². The van der Waals surface area contributed by atoms with Gasteiger partial charge in [0.05, 0.1) is 18.6 Å². The zero-order valence-electron chi connectivity index (χ0n) is 14.3. The number of benzene rings is 1. The molecule has 128 valence electrons. The number of thiophene rings is 1. The number of nitrogens with one attached hydrogen (secondary N) is 1. The van der Waals surface area contributed by atoms with Crippen LogP contribution in [0.2, 0.25) is 0 Å². The second-order valence-corrected chi connectivity index (χ2v) is 8.13. The lowest BCUT2D eigenvalue weighted by atomic mass is 9.74. The largest absolute Gasteiger partial charge is 0.348 e. The summed E-state index contributed by atoms with van der Waals surface area (Å²) >= 11 is 1.74. The molecule has 2 atom stereocenters. The minimum absolute atomic E-state index is 0.00359. The van der Waals surface area contributed by atoms with E-state index in [1.165, 1.54) is 17.0 Å². The Hall–Kier alpha value is -1.72. The molecule has 2 aromatic rings. The summed E-state index contributed by atoms with van der Waals surface area (Å²) in [6.07, 6.45) is 0. The monoisotopic (exact) mass is 346 g/mol. The van der Waals surface area contributed by atoms with Gasteiger partial charge in [0.15, 0.2) is 0 Å². The van der Waals surface area contributed by atoms with Gasteiger partial charge in [0.2, 0.25) is 5.91 Å². The number of nitrogens with zero attached hydrogens (tertiary/aromatic N) is 1. The van der Waals surface area contributed by atoms with Gasteiger partial charge >= 0.3 is 0 Å². The first kappa shape index (κ1) is 17.1. The second kappa shape index (κ2) is 6.65. The van der Waals surface area contributed by atoms with Crippen LogP contribution in [0.15, 0.2) is 41.8 Å². The van der Waals surface area contributed by atoms with Gasteiger partial charge < -0.3 is 5.32 Å². The Morgan fingerprint density at radius 1 is 1.38 bits per heavy atom. The zero-order chi connectivity index (χ0) is 17.3. The summed E-state index contributed by atoms with van der Waals surface area (Å²) in [7, 11) is 0. The van der Waals surface area contributed by atoms with Crippen LogP contribution < -0.4 is 5.32 Å². The molecule has 1 N–H and O–H groups in total. The smallest absolute Gasteiger partial charge is 0.234 e. The Morgan fingerprint density at radius 3 is 2.67 bits per heavy atom. The minimum atomic E-state index is -0.265. The summed E-state index contributed by atoms with van der Waals surface area (Å²) in [4.78, 5) is 15.9. The van der Waals surface area contributed by atoms with Gasteiger partial charge in [-0.3, -0.25) is 9.69 Å². The lowest BCUT2D eigenvalue weighted by molar-refractivity contribution is -0.130. The number of hydrogen-bond donors (Lipinski definition) is 1.